The summed E-state index contributed by atoms with van der Waals surface area (Å²) in [6.07, 6.45) is -0.869. The summed E-state index contributed by atoms with van der Waals surface area (Å²) in [6.45, 7) is 5.02. The van der Waals surface area contributed by atoms with Crippen molar-refractivity contribution in [3.63, 3.8) is 0 Å². The first-order chi connectivity index (χ1) is 10.2. The van der Waals surface area contributed by atoms with Crippen molar-refractivity contribution in [2.75, 3.05) is 0 Å². The van der Waals surface area contributed by atoms with E-state index in [9.17, 15) is 13.2 Å². The molecule has 0 saturated carbocycles. The van der Waals surface area contributed by atoms with Crippen molar-refractivity contribution >= 4 is 0 Å². The zero-order chi connectivity index (χ0) is 16.3. The van der Waals surface area contributed by atoms with E-state index in [2.05, 4.69) is 20.2 Å². The van der Waals surface area contributed by atoms with Gasteiger partial charge in [-0.15, -0.1) is 0 Å². The monoisotopic (exact) mass is 316 g/mol. The molecule has 2 aromatic heterocycles. The van der Waals surface area contributed by atoms with Crippen molar-refractivity contribution in [3.8, 4) is 0 Å². The SMILES string of the molecule is CC(C)Cc1nc(C(C)Cn2cncn2)n(CC(F)(F)F)n1. The number of hydrogen-bond acceptors (Lipinski definition) is 4. The van der Waals surface area contributed by atoms with Gasteiger partial charge in [-0.3, -0.25) is 4.68 Å². The molecule has 9 heteroatoms. The van der Waals surface area contributed by atoms with Gasteiger partial charge >= 0.3 is 6.18 Å². The summed E-state index contributed by atoms with van der Waals surface area (Å²) in [5.41, 5.74) is 0. The summed E-state index contributed by atoms with van der Waals surface area (Å²) in [4.78, 5) is 8.13. The smallest absolute Gasteiger partial charge is 0.252 e. The highest BCUT2D eigenvalue weighted by Crippen LogP contribution is 2.22. The van der Waals surface area contributed by atoms with Gasteiger partial charge in [-0.2, -0.15) is 23.4 Å². The zero-order valence-corrected chi connectivity index (χ0v) is 12.7. The molecule has 2 heterocycles. The molecule has 0 saturated heterocycles. The van der Waals surface area contributed by atoms with E-state index in [1.807, 2.05) is 13.8 Å². The van der Waals surface area contributed by atoms with Gasteiger partial charge in [0.2, 0.25) is 0 Å². The second-order valence-electron chi connectivity index (χ2n) is 5.78. The summed E-state index contributed by atoms with van der Waals surface area (Å²) < 4.78 is 40.7. The van der Waals surface area contributed by atoms with Gasteiger partial charge in [-0.1, -0.05) is 20.8 Å². The predicted octanol–water partition coefficient (Wildman–Crippen LogP) is 2.43. The van der Waals surface area contributed by atoms with Crippen LogP contribution in [0.2, 0.25) is 0 Å². The normalized spacial score (nSPS) is 13.8. The van der Waals surface area contributed by atoms with Crippen LogP contribution in [0.5, 0.6) is 0 Å². The quantitative estimate of drug-likeness (QED) is 0.821. The lowest BCUT2D eigenvalue weighted by Gasteiger charge is -2.13. The largest absolute Gasteiger partial charge is 0.408 e. The van der Waals surface area contributed by atoms with Gasteiger partial charge in [0.25, 0.3) is 0 Å². The first-order valence-corrected chi connectivity index (χ1v) is 7.07. The molecule has 0 spiro atoms. The number of hydrogen-bond donors (Lipinski definition) is 0. The van der Waals surface area contributed by atoms with Crippen LogP contribution in [0.15, 0.2) is 12.7 Å². The minimum atomic E-state index is -4.33. The molecule has 22 heavy (non-hydrogen) atoms. The van der Waals surface area contributed by atoms with Gasteiger partial charge in [0.1, 0.15) is 25.0 Å². The van der Waals surface area contributed by atoms with Crippen LogP contribution in [-0.4, -0.2) is 35.7 Å². The molecule has 2 aromatic rings. The number of nitrogens with zero attached hydrogens (tertiary/aromatic N) is 6. The molecule has 6 nitrogen and oxygen atoms in total. The Kier molecular flexibility index (Phi) is 4.82. The fraction of sp³-hybridized carbons (Fsp3) is 0.692. The van der Waals surface area contributed by atoms with Gasteiger partial charge in [0, 0.05) is 12.3 Å². The number of aromatic nitrogens is 6. The third-order valence-corrected chi connectivity index (χ3v) is 3.03. The van der Waals surface area contributed by atoms with Crippen molar-refractivity contribution in [3.05, 3.63) is 24.3 Å². The Morgan fingerprint density at radius 1 is 1.23 bits per heavy atom. The topological polar surface area (TPSA) is 61.4 Å². The standard InChI is InChI=1S/C13H19F3N6/c1-9(2)4-11-19-12(22(20-11)6-13(14,15)16)10(3)5-21-8-17-7-18-21/h7-10H,4-6H2,1-3H3. The van der Waals surface area contributed by atoms with Crippen LogP contribution >= 0.6 is 0 Å². The van der Waals surface area contributed by atoms with E-state index in [1.54, 1.807) is 11.6 Å². The van der Waals surface area contributed by atoms with Crippen molar-refractivity contribution in [2.24, 2.45) is 5.92 Å². The van der Waals surface area contributed by atoms with Crippen molar-refractivity contribution < 1.29 is 13.2 Å². The van der Waals surface area contributed by atoms with Crippen LogP contribution in [0.25, 0.3) is 0 Å². The fourth-order valence-electron chi connectivity index (χ4n) is 2.19. The second-order valence-corrected chi connectivity index (χ2v) is 5.78. The average molecular weight is 316 g/mol. The van der Waals surface area contributed by atoms with E-state index in [0.717, 1.165) is 4.68 Å². The van der Waals surface area contributed by atoms with E-state index in [-0.39, 0.29) is 11.8 Å². The van der Waals surface area contributed by atoms with Crippen molar-refractivity contribution in [1.29, 1.82) is 0 Å². The maximum absolute atomic E-state index is 12.7. The van der Waals surface area contributed by atoms with Crippen molar-refractivity contribution in [1.82, 2.24) is 29.5 Å². The Morgan fingerprint density at radius 3 is 2.50 bits per heavy atom. The molecular formula is C13H19F3N6. The summed E-state index contributed by atoms with van der Waals surface area (Å²) in [7, 11) is 0. The van der Waals surface area contributed by atoms with Crippen molar-refractivity contribution in [2.45, 2.75) is 52.4 Å². The Morgan fingerprint density at radius 2 is 1.95 bits per heavy atom. The molecule has 0 N–H and O–H groups in total. The third kappa shape index (κ3) is 4.54. The van der Waals surface area contributed by atoms with Gasteiger partial charge < -0.3 is 0 Å². The molecule has 2 rings (SSSR count). The summed E-state index contributed by atoms with van der Waals surface area (Å²) in [6, 6.07) is 0. The number of rotatable bonds is 6. The van der Waals surface area contributed by atoms with Crippen LogP contribution < -0.4 is 0 Å². The van der Waals surface area contributed by atoms with Gasteiger partial charge in [-0.25, -0.2) is 14.6 Å². The summed E-state index contributed by atoms with van der Waals surface area (Å²) in [5.74, 6) is 0.792. The maximum atomic E-state index is 12.7. The third-order valence-electron chi connectivity index (χ3n) is 3.03. The molecule has 0 aromatic carbocycles. The van der Waals surface area contributed by atoms with E-state index in [0.29, 0.717) is 24.6 Å². The first-order valence-electron chi connectivity index (χ1n) is 7.07. The molecule has 0 aliphatic rings. The molecule has 0 radical (unpaired) electrons. The molecule has 122 valence electrons. The van der Waals surface area contributed by atoms with E-state index >= 15 is 0 Å². The summed E-state index contributed by atoms with van der Waals surface area (Å²) in [5, 5.41) is 7.99. The lowest BCUT2D eigenvalue weighted by atomic mass is 10.1. The highest BCUT2D eigenvalue weighted by Gasteiger charge is 2.31. The van der Waals surface area contributed by atoms with Crippen LogP contribution in [0.1, 0.15) is 38.3 Å². The highest BCUT2D eigenvalue weighted by molar-refractivity contribution is 5.00. The fourth-order valence-corrected chi connectivity index (χ4v) is 2.19. The average Bonchev–Trinajstić information content (AvgIpc) is 2.96. The Bertz CT molecular complexity index is 587. The molecular weight excluding hydrogens is 297 g/mol. The molecule has 0 aliphatic carbocycles. The maximum Gasteiger partial charge on any atom is 0.408 e. The molecule has 0 bridgehead atoms. The van der Waals surface area contributed by atoms with Gasteiger partial charge in [-0.05, 0) is 5.92 Å². The van der Waals surface area contributed by atoms with E-state index in [1.165, 1.54) is 12.7 Å². The highest BCUT2D eigenvalue weighted by atomic mass is 19.4. The molecule has 1 atom stereocenters. The Hall–Kier alpha value is -1.93. The van der Waals surface area contributed by atoms with Crippen LogP contribution in [0.3, 0.4) is 0 Å². The lowest BCUT2D eigenvalue weighted by molar-refractivity contribution is -0.143. The minimum Gasteiger partial charge on any atom is -0.252 e. The first kappa shape index (κ1) is 16.4. The number of halogens is 3. The zero-order valence-electron chi connectivity index (χ0n) is 12.7. The van der Waals surface area contributed by atoms with Gasteiger partial charge in [0.15, 0.2) is 5.82 Å². The molecule has 1 unspecified atom stereocenters. The lowest BCUT2D eigenvalue weighted by Crippen LogP contribution is -2.22. The van der Waals surface area contributed by atoms with E-state index in [4.69, 9.17) is 0 Å². The summed E-state index contributed by atoms with van der Waals surface area (Å²) >= 11 is 0. The molecule has 0 aliphatic heterocycles. The predicted molar refractivity (Wildman–Crippen MR) is 73.1 cm³/mol. The second kappa shape index (κ2) is 6.45. The Labute approximate surface area is 126 Å². The van der Waals surface area contributed by atoms with Gasteiger partial charge in [0.05, 0.1) is 6.54 Å². The minimum absolute atomic E-state index is 0.252. The van der Waals surface area contributed by atoms with E-state index < -0.39 is 12.7 Å². The van der Waals surface area contributed by atoms with Crippen LogP contribution in [-0.2, 0) is 19.5 Å². The molecule has 0 fully saturated rings. The Balaban J connectivity index is 2.24. The van der Waals surface area contributed by atoms with Crippen LogP contribution in [0.4, 0.5) is 13.2 Å². The molecule has 0 amide bonds. The number of alkyl halides is 3. The van der Waals surface area contributed by atoms with Crippen LogP contribution in [0, 0.1) is 5.92 Å².